The van der Waals surface area contributed by atoms with Gasteiger partial charge in [-0.15, -0.1) is 17.8 Å². The second kappa shape index (κ2) is 4.07. The molecule has 0 aliphatic heterocycles. The molecular formula is C12H7NOS. The van der Waals surface area contributed by atoms with Crippen molar-refractivity contribution in [1.82, 2.24) is 4.98 Å². The Morgan fingerprint density at radius 1 is 1.33 bits per heavy atom. The first-order valence-corrected chi connectivity index (χ1v) is 5.21. The molecule has 0 aliphatic rings. The maximum Gasteiger partial charge on any atom is 0.221 e. The molecular weight excluding hydrogens is 206 g/mol. The van der Waals surface area contributed by atoms with Gasteiger partial charge >= 0.3 is 0 Å². The molecule has 0 fully saturated rings. The Morgan fingerprint density at radius 3 is 2.67 bits per heavy atom. The number of nitrogens with zero attached hydrogens (tertiary/aromatic N) is 1. The molecule has 72 valence electrons. The highest BCUT2D eigenvalue weighted by atomic mass is 32.1. The van der Waals surface area contributed by atoms with Gasteiger partial charge in [-0.1, -0.05) is 30.3 Å². The van der Waals surface area contributed by atoms with E-state index in [9.17, 15) is 4.79 Å². The van der Waals surface area contributed by atoms with Gasteiger partial charge in [-0.2, -0.15) is 0 Å². The number of benzene rings is 1. The molecule has 0 atom stereocenters. The molecule has 1 aromatic carbocycles. The van der Waals surface area contributed by atoms with Gasteiger partial charge in [-0.25, -0.2) is 4.98 Å². The van der Waals surface area contributed by atoms with Gasteiger partial charge in [-0.05, 0) is 5.92 Å². The van der Waals surface area contributed by atoms with Crippen LogP contribution in [0, 0.1) is 12.3 Å². The predicted molar refractivity (Wildman–Crippen MR) is 59.9 cm³/mol. The summed E-state index contributed by atoms with van der Waals surface area (Å²) in [4.78, 5) is 15.9. The Balaban J connectivity index is 2.34. The van der Waals surface area contributed by atoms with E-state index in [2.05, 4.69) is 10.9 Å². The number of hydrogen-bond donors (Lipinski definition) is 0. The molecule has 0 N–H and O–H groups in total. The second-order valence-electron chi connectivity index (χ2n) is 2.88. The number of ketones is 1. The summed E-state index contributed by atoms with van der Waals surface area (Å²) >= 11 is 1.27. The molecule has 0 spiro atoms. The first kappa shape index (κ1) is 9.63. The number of aromatic nitrogens is 1. The van der Waals surface area contributed by atoms with Gasteiger partial charge in [0.1, 0.15) is 5.69 Å². The van der Waals surface area contributed by atoms with E-state index in [0.29, 0.717) is 16.3 Å². The van der Waals surface area contributed by atoms with Crippen molar-refractivity contribution in [2.75, 3.05) is 0 Å². The quantitative estimate of drug-likeness (QED) is 0.566. The van der Waals surface area contributed by atoms with E-state index in [4.69, 9.17) is 6.42 Å². The van der Waals surface area contributed by atoms with Crippen LogP contribution in [0.4, 0.5) is 0 Å². The molecule has 1 aromatic heterocycles. The predicted octanol–water partition coefficient (Wildman–Crippen LogP) is 2.36. The Hall–Kier alpha value is -1.92. The molecule has 0 saturated carbocycles. The van der Waals surface area contributed by atoms with Crippen LogP contribution < -0.4 is 0 Å². The van der Waals surface area contributed by atoms with E-state index >= 15 is 0 Å². The van der Waals surface area contributed by atoms with Gasteiger partial charge in [0.2, 0.25) is 5.78 Å². The molecule has 0 bridgehead atoms. The fourth-order valence-electron chi connectivity index (χ4n) is 1.16. The van der Waals surface area contributed by atoms with Crippen molar-refractivity contribution in [1.29, 1.82) is 0 Å². The Morgan fingerprint density at radius 2 is 2.07 bits per heavy atom. The molecule has 2 rings (SSSR count). The third-order valence-corrected chi connectivity index (χ3v) is 2.72. The van der Waals surface area contributed by atoms with Crippen LogP contribution in [-0.2, 0) is 0 Å². The Kier molecular flexibility index (Phi) is 2.61. The van der Waals surface area contributed by atoms with Gasteiger partial charge in [0.05, 0.1) is 0 Å². The smallest absolute Gasteiger partial charge is 0.221 e. The summed E-state index contributed by atoms with van der Waals surface area (Å²) in [5.74, 6) is 2.32. The fourth-order valence-corrected chi connectivity index (χ4v) is 1.88. The number of rotatable bonds is 2. The molecule has 0 unspecified atom stereocenters. The molecule has 0 aliphatic carbocycles. The standard InChI is InChI=1S/C12H7NOS/c1-2-10-8-15-12(13-10)11(14)9-6-4-3-5-7-9/h1,3-8H. The van der Waals surface area contributed by atoms with Crippen molar-refractivity contribution < 1.29 is 4.79 Å². The maximum absolute atomic E-state index is 11.9. The zero-order chi connectivity index (χ0) is 10.7. The van der Waals surface area contributed by atoms with Gasteiger partial charge < -0.3 is 0 Å². The summed E-state index contributed by atoms with van der Waals surface area (Å²) in [5.41, 5.74) is 1.15. The molecule has 3 heteroatoms. The maximum atomic E-state index is 11.9. The summed E-state index contributed by atoms with van der Waals surface area (Å²) in [5, 5.41) is 2.14. The zero-order valence-corrected chi connectivity index (χ0v) is 8.62. The molecule has 2 nitrogen and oxygen atoms in total. The number of terminal acetylenes is 1. The summed E-state index contributed by atoms with van der Waals surface area (Å²) in [7, 11) is 0. The van der Waals surface area contributed by atoms with E-state index in [1.54, 1.807) is 17.5 Å². The van der Waals surface area contributed by atoms with Crippen LogP contribution in [-0.4, -0.2) is 10.8 Å². The fraction of sp³-hybridized carbons (Fsp3) is 0. The highest BCUT2D eigenvalue weighted by Crippen LogP contribution is 2.14. The molecule has 1 heterocycles. The third-order valence-electron chi connectivity index (χ3n) is 1.88. The van der Waals surface area contributed by atoms with Crippen LogP contribution >= 0.6 is 11.3 Å². The minimum Gasteiger partial charge on any atom is -0.286 e. The van der Waals surface area contributed by atoms with Crippen molar-refractivity contribution in [3.05, 3.63) is 52.0 Å². The Bertz CT molecular complexity index is 522. The molecule has 2 aromatic rings. The van der Waals surface area contributed by atoms with Crippen LogP contribution in [0.3, 0.4) is 0 Å². The number of hydrogen-bond acceptors (Lipinski definition) is 3. The zero-order valence-electron chi connectivity index (χ0n) is 7.81. The first-order valence-electron chi connectivity index (χ1n) is 4.33. The van der Waals surface area contributed by atoms with Crippen LogP contribution in [0.25, 0.3) is 0 Å². The van der Waals surface area contributed by atoms with Crippen LogP contribution in [0.15, 0.2) is 35.7 Å². The summed E-state index contributed by atoms with van der Waals surface area (Å²) in [6, 6.07) is 9.04. The summed E-state index contributed by atoms with van der Waals surface area (Å²) in [6.07, 6.45) is 5.18. The lowest BCUT2D eigenvalue weighted by molar-refractivity contribution is 0.103. The normalized spacial score (nSPS) is 9.53. The second-order valence-corrected chi connectivity index (χ2v) is 3.74. The van der Waals surface area contributed by atoms with Gasteiger partial charge in [0.15, 0.2) is 5.01 Å². The van der Waals surface area contributed by atoms with Crippen LogP contribution in [0.2, 0.25) is 0 Å². The topological polar surface area (TPSA) is 30.0 Å². The number of thiazole rings is 1. The van der Waals surface area contributed by atoms with Crippen LogP contribution in [0.5, 0.6) is 0 Å². The first-order chi connectivity index (χ1) is 7.31. The number of carbonyl (C=O) groups excluding carboxylic acids is 1. The summed E-state index contributed by atoms with van der Waals surface area (Å²) < 4.78 is 0. The van der Waals surface area contributed by atoms with Crippen molar-refractivity contribution in [3.8, 4) is 12.3 Å². The minimum atomic E-state index is -0.0814. The lowest BCUT2D eigenvalue weighted by atomic mass is 10.1. The average molecular weight is 213 g/mol. The summed E-state index contributed by atoms with van der Waals surface area (Å²) in [6.45, 7) is 0. The van der Waals surface area contributed by atoms with Gasteiger partial charge in [-0.3, -0.25) is 4.79 Å². The number of carbonyl (C=O) groups is 1. The minimum absolute atomic E-state index is 0.0814. The van der Waals surface area contributed by atoms with Crippen molar-refractivity contribution >= 4 is 17.1 Å². The molecule has 15 heavy (non-hydrogen) atoms. The van der Waals surface area contributed by atoms with Gasteiger partial charge in [0.25, 0.3) is 0 Å². The van der Waals surface area contributed by atoms with E-state index in [1.165, 1.54) is 11.3 Å². The van der Waals surface area contributed by atoms with E-state index in [-0.39, 0.29) is 5.78 Å². The molecule has 0 amide bonds. The van der Waals surface area contributed by atoms with Crippen molar-refractivity contribution in [2.45, 2.75) is 0 Å². The highest BCUT2D eigenvalue weighted by Gasteiger charge is 2.12. The van der Waals surface area contributed by atoms with Gasteiger partial charge in [0, 0.05) is 10.9 Å². The van der Waals surface area contributed by atoms with E-state index in [0.717, 1.165) is 0 Å². The lowest BCUT2D eigenvalue weighted by Crippen LogP contribution is -1.99. The van der Waals surface area contributed by atoms with Crippen molar-refractivity contribution in [3.63, 3.8) is 0 Å². The largest absolute Gasteiger partial charge is 0.286 e. The average Bonchev–Trinajstić information content (AvgIpc) is 2.78. The third kappa shape index (κ3) is 1.95. The SMILES string of the molecule is C#Cc1csc(C(=O)c2ccccc2)n1. The lowest BCUT2D eigenvalue weighted by Gasteiger charge is -1.94. The molecule has 0 saturated heterocycles. The molecule has 0 radical (unpaired) electrons. The van der Waals surface area contributed by atoms with E-state index < -0.39 is 0 Å². The van der Waals surface area contributed by atoms with Crippen molar-refractivity contribution in [2.24, 2.45) is 0 Å². The van der Waals surface area contributed by atoms with E-state index in [1.807, 2.05) is 18.2 Å². The Labute approximate surface area is 91.6 Å². The highest BCUT2D eigenvalue weighted by molar-refractivity contribution is 7.12. The monoisotopic (exact) mass is 213 g/mol. The van der Waals surface area contributed by atoms with Crippen LogP contribution in [0.1, 0.15) is 21.1 Å².